The van der Waals surface area contributed by atoms with Gasteiger partial charge in [-0.2, -0.15) is 0 Å². The molecule has 0 aliphatic rings. The number of halogens is 1. The van der Waals surface area contributed by atoms with Gasteiger partial charge in [0.15, 0.2) is 6.10 Å². The second-order valence-electron chi connectivity index (χ2n) is 4.99. The van der Waals surface area contributed by atoms with Crippen molar-refractivity contribution in [3.8, 4) is 0 Å². The number of aliphatic hydroxyl groups is 1. The molecule has 0 heterocycles. The Morgan fingerprint density at radius 3 is 2.33 bits per heavy atom. The fraction of sp³-hybridized carbons (Fsp3) is 0.462. The molecular formula is C13H20BrNO3. The van der Waals surface area contributed by atoms with Gasteiger partial charge < -0.3 is 31.3 Å². The molecule has 102 valence electrons. The number of likely N-dealkylation sites (N-methyl/N-ethyl adjacent to an activating group) is 1. The van der Waals surface area contributed by atoms with E-state index in [-0.39, 0.29) is 17.0 Å². The number of ether oxygens (including phenoxy) is 1. The van der Waals surface area contributed by atoms with E-state index in [0.717, 1.165) is 0 Å². The summed E-state index contributed by atoms with van der Waals surface area (Å²) in [6.07, 6.45) is -1.19. The van der Waals surface area contributed by atoms with Gasteiger partial charge in [-0.05, 0) is 5.56 Å². The number of rotatable bonds is 5. The molecule has 1 aromatic rings. The SMILES string of the molecule is C[N+](C)(C)CCOC(=O)C(O)c1ccccc1.[Br-]. The minimum atomic E-state index is -1.19. The molecule has 4 nitrogen and oxygen atoms in total. The van der Waals surface area contributed by atoms with Crippen molar-refractivity contribution in [2.45, 2.75) is 6.10 Å². The van der Waals surface area contributed by atoms with Crippen molar-refractivity contribution in [1.29, 1.82) is 0 Å². The van der Waals surface area contributed by atoms with Crippen LogP contribution < -0.4 is 17.0 Å². The second kappa shape index (κ2) is 7.51. The highest BCUT2D eigenvalue weighted by Crippen LogP contribution is 2.13. The first-order chi connectivity index (χ1) is 7.90. The zero-order valence-corrected chi connectivity index (χ0v) is 12.6. The standard InChI is InChI=1S/C13H20NO3.BrH/c1-14(2,3)9-10-17-13(16)12(15)11-7-5-4-6-8-11;/h4-8,12,15H,9-10H2,1-3H3;1H/q+1;/p-1. The topological polar surface area (TPSA) is 46.5 Å². The molecule has 0 aliphatic heterocycles. The molecule has 1 N–H and O–H groups in total. The number of esters is 1. The molecule has 0 fully saturated rings. The Morgan fingerprint density at radius 2 is 1.83 bits per heavy atom. The number of carbonyl (C=O) groups excluding carboxylic acids is 1. The largest absolute Gasteiger partial charge is 1.00 e. The molecule has 5 heteroatoms. The van der Waals surface area contributed by atoms with Crippen molar-refractivity contribution in [2.24, 2.45) is 0 Å². The summed E-state index contributed by atoms with van der Waals surface area (Å²) in [6.45, 7) is 1.03. The van der Waals surface area contributed by atoms with Crippen LogP contribution in [0.5, 0.6) is 0 Å². The summed E-state index contributed by atoms with van der Waals surface area (Å²) >= 11 is 0. The Kier molecular flexibility index (Phi) is 7.13. The minimum absolute atomic E-state index is 0. The van der Waals surface area contributed by atoms with Crippen molar-refractivity contribution >= 4 is 5.97 Å². The van der Waals surface area contributed by atoms with Crippen LogP contribution in [0.4, 0.5) is 0 Å². The minimum Gasteiger partial charge on any atom is -1.00 e. The fourth-order valence-corrected chi connectivity index (χ4v) is 1.27. The Balaban J connectivity index is 0.00000289. The third kappa shape index (κ3) is 6.14. The highest BCUT2D eigenvalue weighted by molar-refractivity contribution is 5.76. The highest BCUT2D eigenvalue weighted by atomic mass is 79.9. The van der Waals surface area contributed by atoms with Gasteiger partial charge in [0, 0.05) is 0 Å². The molecule has 0 bridgehead atoms. The third-order valence-corrected chi connectivity index (χ3v) is 2.34. The summed E-state index contributed by atoms with van der Waals surface area (Å²) in [5.41, 5.74) is 0.558. The van der Waals surface area contributed by atoms with Gasteiger partial charge in [-0.15, -0.1) is 0 Å². The van der Waals surface area contributed by atoms with Gasteiger partial charge in [-0.25, -0.2) is 4.79 Å². The molecule has 18 heavy (non-hydrogen) atoms. The summed E-state index contributed by atoms with van der Waals surface area (Å²) in [6, 6.07) is 8.78. The maximum absolute atomic E-state index is 11.6. The molecule has 0 spiro atoms. The molecular weight excluding hydrogens is 298 g/mol. The van der Waals surface area contributed by atoms with E-state index in [1.165, 1.54) is 0 Å². The van der Waals surface area contributed by atoms with Gasteiger partial charge in [0.1, 0.15) is 13.2 Å². The lowest BCUT2D eigenvalue weighted by atomic mass is 10.1. The number of quaternary nitrogens is 1. The van der Waals surface area contributed by atoms with E-state index in [1.54, 1.807) is 24.3 Å². The highest BCUT2D eigenvalue weighted by Gasteiger charge is 2.19. The number of benzene rings is 1. The van der Waals surface area contributed by atoms with Crippen molar-refractivity contribution in [3.63, 3.8) is 0 Å². The monoisotopic (exact) mass is 317 g/mol. The first kappa shape index (κ1) is 17.1. The van der Waals surface area contributed by atoms with Gasteiger partial charge in [0.2, 0.25) is 0 Å². The van der Waals surface area contributed by atoms with E-state index in [0.29, 0.717) is 23.2 Å². The molecule has 0 saturated carbocycles. The van der Waals surface area contributed by atoms with E-state index < -0.39 is 12.1 Å². The number of carbonyl (C=O) groups is 1. The van der Waals surface area contributed by atoms with Crippen LogP contribution in [0.3, 0.4) is 0 Å². The smallest absolute Gasteiger partial charge is 0.339 e. The zero-order chi connectivity index (χ0) is 12.9. The summed E-state index contributed by atoms with van der Waals surface area (Å²) in [5, 5.41) is 9.74. The number of aliphatic hydroxyl groups excluding tert-OH is 1. The number of hydrogen-bond donors (Lipinski definition) is 1. The van der Waals surface area contributed by atoms with E-state index in [4.69, 9.17) is 4.74 Å². The van der Waals surface area contributed by atoms with Gasteiger partial charge in [0.05, 0.1) is 21.1 Å². The molecule has 0 aliphatic carbocycles. The van der Waals surface area contributed by atoms with E-state index in [1.807, 2.05) is 27.2 Å². The summed E-state index contributed by atoms with van der Waals surface area (Å²) < 4.78 is 5.75. The molecule has 1 atom stereocenters. The maximum Gasteiger partial charge on any atom is 0.339 e. The molecule has 1 unspecified atom stereocenters. The van der Waals surface area contributed by atoms with Crippen LogP contribution in [0.2, 0.25) is 0 Å². The van der Waals surface area contributed by atoms with Crippen LogP contribution >= 0.6 is 0 Å². The maximum atomic E-state index is 11.6. The normalized spacial score (nSPS) is 12.4. The fourth-order valence-electron chi connectivity index (χ4n) is 1.27. The predicted octanol–water partition coefficient (Wildman–Crippen LogP) is -2.03. The van der Waals surface area contributed by atoms with Gasteiger partial charge >= 0.3 is 5.97 Å². The van der Waals surface area contributed by atoms with Crippen LogP contribution in [-0.2, 0) is 9.53 Å². The second-order valence-corrected chi connectivity index (χ2v) is 4.99. The Labute approximate surface area is 119 Å². The van der Waals surface area contributed by atoms with Crippen LogP contribution in [0.1, 0.15) is 11.7 Å². The molecule has 1 rings (SSSR count). The summed E-state index contributed by atoms with van der Waals surface area (Å²) in [4.78, 5) is 11.6. The molecule has 0 aromatic heterocycles. The lowest BCUT2D eigenvalue weighted by Gasteiger charge is -2.23. The van der Waals surface area contributed by atoms with Gasteiger partial charge in [0.25, 0.3) is 0 Å². The van der Waals surface area contributed by atoms with Crippen LogP contribution in [0.15, 0.2) is 30.3 Å². The van der Waals surface area contributed by atoms with Gasteiger partial charge in [-0.3, -0.25) is 0 Å². The van der Waals surface area contributed by atoms with E-state index in [2.05, 4.69) is 0 Å². The van der Waals surface area contributed by atoms with E-state index in [9.17, 15) is 9.90 Å². The lowest BCUT2D eigenvalue weighted by molar-refractivity contribution is -0.870. The van der Waals surface area contributed by atoms with Gasteiger partial charge in [-0.1, -0.05) is 30.3 Å². The number of hydrogen-bond acceptors (Lipinski definition) is 3. The van der Waals surface area contributed by atoms with Crippen LogP contribution in [-0.4, -0.2) is 49.9 Å². The first-order valence-corrected chi connectivity index (χ1v) is 5.60. The molecule has 1 aromatic carbocycles. The summed E-state index contributed by atoms with van der Waals surface area (Å²) in [5.74, 6) is -0.593. The lowest BCUT2D eigenvalue weighted by Crippen LogP contribution is -3.00. The molecule has 0 saturated heterocycles. The molecule has 0 amide bonds. The Morgan fingerprint density at radius 1 is 1.28 bits per heavy atom. The van der Waals surface area contributed by atoms with Crippen molar-refractivity contribution < 1.29 is 36.1 Å². The zero-order valence-electron chi connectivity index (χ0n) is 11.0. The molecule has 0 radical (unpaired) electrons. The number of nitrogens with zero attached hydrogens (tertiary/aromatic N) is 1. The Bertz CT molecular complexity index is 362. The average Bonchev–Trinajstić information content (AvgIpc) is 2.27. The Hall–Kier alpha value is -0.910. The van der Waals surface area contributed by atoms with Crippen LogP contribution in [0.25, 0.3) is 0 Å². The predicted molar refractivity (Wildman–Crippen MR) is 65.3 cm³/mol. The summed E-state index contributed by atoms with van der Waals surface area (Å²) in [7, 11) is 6.05. The van der Waals surface area contributed by atoms with Crippen molar-refractivity contribution in [2.75, 3.05) is 34.3 Å². The quantitative estimate of drug-likeness (QED) is 0.503. The average molecular weight is 318 g/mol. The van der Waals surface area contributed by atoms with Crippen molar-refractivity contribution in [1.82, 2.24) is 0 Å². The van der Waals surface area contributed by atoms with E-state index >= 15 is 0 Å². The third-order valence-electron chi connectivity index (χ3n) is 2.34. The van der Waals surface area contributed by atoms with Crippen LogP contribution in [0, 0.1) is 0 Å². The van der Waals surface area contributed by atoms with Crippen molar-refractivity contribution in [3.05, 3.63) is 35.9 Å². The first-order valence-electron chi connectivity index (χ1n) is 5.60.